The van der Waals surface area contributed by atoms with Crippen LogP contribution in [0.25, 0.3) is 6.08 Å². The average Bonchev–Trinajstić information content (AvgIpc) is 2.50. The Balaban J connectivity index is 1.92. The minimum absolute atomic E-state index is 0.371. The molecule has 2 aliphatic rings. The fourth-order valence-corrected chi connectivity index (χ4v) is 7.04. The summed E-state index contributed by atoms with van der Waals surface area (Å²) in [6.07, 6.45) is 7.89. The van der Waals surface area contributed by atoms with Gasteiger partial charge in [0.15, 0.2) is 0 Å². The summed E-state index contributed by atoms with van der Waals surface area (Å²) in [5.41, 5.74) is 3.49. The van der Waals surface area contributed by atoms with E-state index in [0.29, 0.717) is 9.49 Å². The fraction of sp³-hybridized carbons (Fsp3) is 0.600. The molecule has 1 aliphatic carbocycles. The molecule has 1 spiro atoms. The van der Waals surface area contributed by atoms with E-state index < -0.39 is 0 Å². The minimum atomic E-state index is 0.371. The average molecular weight is 333 g/mol. The zero-order valence-corrected chi connectivity index (χ0v) is 15.7. The van der Waals surface area contributed by atoms with Gasteiger partial charge in [-0.2, -0.15) is 0 Å². The zero-order valence-electron chi connectivity index (χ0n) is 14.1. The standard InChI is InChI=1S/C20H28S2/c1-19(2,3)17-10-11-20(21-12-7-13-22-20)18(15-17)14-16-8-5-4-6-9-16/h4-6,8-9,14,17H,7,10-13,15H2,1-3H3/b18-14+/t17-/m0/s1. The molecule has 22 heavy (non-hydrogen) atoms. The van der Waals surface area contributed by atoms with Gasteiger partial charge in [0.2, 0.25) is 0 Å². The van der Waals surface area contributed by atoms with E-state index in [4.69, 9.17) is 0 Å². The minimum Gasteiger partial charge on any atom is -0.140 e. The molecule has 3 rings (SSSR count). The predicted octanol–water partition coefficient (Wildman–Crippen LogP) is 6.48. The highest BCUT2D eigenvalue weighted by atomic mass is 32.2. The Labute approximate surface area is 144 Å². The summed E-state index contributed by atoms with van der Waals surface area (Å²) in [4.78, 5) is 0. The van der Waals surface area contributed by atoms with Gasteiger partial charge in [0.05, 0.1) is 4.08 Å². The molecule has 120 valence electrons. The van der Waals surface area contributed by atoms with Gasteiger partial charge in [-0.15, -0.1) is 23.5 Å². The molecule has 0 nitrogen and oxygen atoms in total. The van der Waals surface area contributed by atoms with Gasteiger partial charge in [0.1, 0.15) is 0 Å². The molecule has 1 saturated heterocycles. The van der Waals surface area contributed by atoms with E-state index >= 15 is 0 Å². The van der Waals surface area contributed by atoms with Gasteiger partial charge in [-0.05, 0) is 59.7 Å². The first-order valence-electron chi connectivity index (χ1n) is 8.54. The van der Waals surface area contributed by atoms with E-state index in [9.17, 15) is 0 Å². The van der Waals surface area contributed by atoms with Gasteiger partial charge >= 0.3 is 0 Å². The zero-order chi connectivity index (χ0) is 15.6. The van der Waals surface area contributed by atoms with Gasteiger partial charge in [-0.25, -0.2) is 0 Å². The van der Waals surface area contributed by atoms with Crippen molar-refractivity contribution in [3.63, 3.8) is 0 Å². The second-order valence-electron chi connectivity index (χ2n) is 7.69. The van der Waals surface area contributed by atoms with Crippen molar-refractivity contribution >= 4 is 29.6 Å². The van der Waals surface area contributed by atoms with Crippen molar-refractivity contribution in [2.45, 2.75) is 50.5 Å². The first kappa shape index (κ1) is 16.5. The van der Waals surface area contributed by atoms with Gasteiger partial charge < -0.3 is 0 Å². The normalized spacial score (nSPS) is 27.2. The van der Waals surface area contributed by atoms with Crippen molar-refractivity contribution in [2.75, 3.05) is 11.5 Å². The number of benzene rings is 1. The van der Waals surface area contributed by atoms with Crippen LogP contribution in [-0.2, 0) is 0 Å². The van der Waals surface area contributed by atoms with E-state index in [-0.39, 0.29) is 0 Å². The maximum Gasteiger partial charge on any atom is 0.0823 e. The summed E-state index contributed by atoms with van der Waals surface area (Å²) in [6, 6.07) is 10.9. The van der Waals surface area contributed by atoms with Crippen LogP contribution in [0.5, 0.6) is 0 Å². The molecule has 2 heteroatoms. The Kier molecular flexibility index (Phi) is 4.99. The van der Waals surface area contributed by atoms with Crippen LogP contribution < -0.4 is 0 Å². The third kappa shape index (κ3) is 3.59. The summed E-state index contributed by atoms with van der Waals surface area (Å²) >= 11 is 4.44. The first-order valence-corrected chi connectivity index (χ1v) is 10.5. The lowest BCUT2D eigenvalue weighted by molar-refractivity contribution is 0.203. The van der Waals surface area contributed by atoms with Crippen LogP contribution in [0.4, 0.5) is 0 Å². The van der Waals surface area contributed by atoms with Crippen molar-refractivity contribution in [2.24, 2.45) is 11.3 Å². The largest absolute Gasteiger partial charge is 0.140 e. The highest BCUT2D eigenvalue weighted by molar-refractivity contribution is 8.19. The van der Waals surface area contributed by atoms with Crippen molar-refractivity contribution in [3.8, 4) is 0 Å². The topological polar surface area (TPSA) is 0 Å². The third-order valence-corrected chi connectivity index (χ3v) is 8.66. The van der Waals surface area contributed by atoms with Crippen LogP contribution in [0.1, 0.15) is 52.0 Å². The van der Waals surface area contributed by atoms with E-state index in [1.54, 1.807) is 5.57 Å². The second kappa shape index (κ2) is 6.65. The molecule has 0 amide bonds. The molecule has 0 N–H and O–H groups in total. The van der Waals surface area contributed by atoms with Crippen LogP contribution in [0.15, 0.2) is 35.9 Å². The Morgan fingerprint density at radius 1 is 1.09 bits per heavy atom. The maximum atomic E-state index is 2.50. The van der Waals surface area contributed by atoms with E-state index in [0.717, 1.165) is 5.92 Å². The van der Waals surface area contributed by atoms with Crippen LogP contribution in [0.3, 0.4) is 0 Å². The lowest BCUT2D eigenvalue weighted by Crippen LogP contribution is -2.37. The molecule has 1 atom stereocenters. The predicted molar refractivity (Wildman–Crippen MR) is 103 cm³/mol. The molecule has 1 heterocycles. The SMILES string of the molecule is CC(C)(C)[C@H]1CCC2(SCCCS2)/C(=C/c2ccccc2)C1. The second-order valence-corrected chi connectivity index (χ2v) is 10.7. The van der Waals surface area contributed by atoms with Gasteiger partial charge in [0.25, 0.3) is 0 Å². The summed E-state index contributed by atoms with van der Waals surface area (Å²) in [5.74, 6) is 3.48. The van der Waals surface area contributed by atoms with E-state index in [2.05, 4.69) is 80.7 Å². The first-order chi connectivity index (χ1) is 10.5. The van der Waals surface area contributed by atoms with E-state index in [1.807, 2.05) is 0 Å². The molecule has 1 saturated carbocycles. The molecule has 0 unspecified atom stereocenters. The Morgan fingerprint density at radius 2 is 1.77 bits per heavy atom. The molecule has 1 aliphatic heterocycles. The number of hydrogen-bond donors (Lipinski definition) is 0. The Morgan fingerprint density at radius 3 is 2.41 bits per heavy atom. The highest BCUT2D eigenvalue weighted by Gasteiger charge is 2.43. The van der Waals surface area contributed by atoms with Gasteiger partial charge in [-0.1, -0.05) is 57.2 Å². The lowest BCUT2D eigenvalue weighted by atomic mass is 9.70. The van der Waals surface area contributed by atoms with Crippen LogP contribution >= 0.6 is 23.5 Å². The third-order valence-electron chi connectivity index (χ3n) is 5.10. The van der Waals surface area contributed by atoms with Crippen LogP contribution in [0, 0.1) is 11.3 Å². The van der Waals surface area contributed by atoms with E-state index in [1.165, 1.54) is 42.8 Å². The molecule has 1 aromatic carbocycles. The monoisotopic (exact) mass is 332 g/mol. The van der Waals surface area contributed by atoms with Gasteiger partial charge in [0, 0.05) is 0 Å². The highest BCUT2D eigenvalue weighted by Crippen LogP contribution is 2.57. The number of rotatable bonds is 1. The quantitative estimate of drug-likeness (QED) is 0.577. The summed E-state index contributed by atoms with van der Waals surface area (Å²) in [5, 5.41) is 0. The molecule has 1 aromatic rings. The number of hydrogen-bond acceptors (Lipinski definition) is 2. The van der Waals surface area contributed by atoms with Crippen molar-refractivity contribution in [1.29, 1.82) is 0 Å². The molecular weight excluding hydrogens is 304 g/mol. The Bertz CT molecular complexity index is 518. The van der Waals surface area contributed by atoms with Gasteiger partial charge in [-0.3, -0.25) is 0 Å². The van der Waals surface area contributed by atoms with Crippen molar-refractivity contribution < 1.29 is 0 Å². The van der Waals surface area contributed by atoms with Crippen LogP contribution in [-0.4, -0.2) is 15.6 Å². The molecule has 0 bridgehead atoms. The summed E-state index contributed by atoms with van der Waals surface area (Å²) in [7, 11) is 0. The number of thioether (sulfide) groups is 2. The smallest absolute Gasteiger partial charge is 0.0823 e. The molecule has 0 aromatic heterocycles. The summed E-state index contributed by atoms with van der Waals surface area (Å²) < 4.78 is 0.371. The fourth-order valence-electron chi connectivity index (χ4n) is 3.61. The lowest BCUT2D eigenvalue weighted by Gasteiger charge is -2.47. The maximum absolute atomic E-state index is 2.50. The van der Waals surface area contributed by atoms with Crippen molar-refractivity contribution in [1.82, 2.24) is 0 Å². The summed E-state index contributed by atoms with van der Waals surface area (Å²) in [6.45, 7) is 7.24. The van der Waals surface area contributed by atoms with Crippen LogP contribution in [0.2, 0.25) is 0 Å². The molecule has 2 fully saturated rings. The van der Waals surface area contributed by atoms with Crippen molar-refractivity contribution in [3.05, 3.63) is 41.5 Å². The molecule has 0 radical (unpaired) electrons. The molecular formula is C20H28S2. The Hall–Kier alpha value is -0.340.